The number of hydrogen-bond acceptors (Lipinski definition) is 4. The van der Waals surface area contributed by atoms with Crippen LogP contribution in [0.5, 0.6) is 0 Å². The fraction of sp³-hybridized carbons (Fsp3) is 0.167. The number of nitrogens with one attached hydrogen (secondary N) is 1. The summed E-state index contributed by atoms with van der Waals surface area (Å²) in [5.41, 5.74) is 1.70. The predicted octanol–water partition coefficient (Wildman–Crippen LogP) is 3.68. The second-order valence-corrected chi connectivity index (χ2v) is 6.95. The van der Waals surface area contributed by atoms with Gasteiger partial charge in [-0.1, -0.05) is 35.5 Å². The summed E-state index contributed by atoms with van der Waals surface area (Å²) in [6.45, 7) is 0.416. The number of aromatic nitrogens is 3. The molecule has 0 radical (unpaired) electrons. The van der Waals surface area contributed by atoms with E-state index >= 15 is 0 Å². The summed E-state index contributed by atoms with van der Waals surface area (Å²) in [6, 6.07) is 13.4. The fourth-order valence-electron chi connectivity index (χ4n) is 2.32. The molecule has 0 spiro atoms. The maximum atomic E-state index is 13.0. The molecule has 0 saturated carbocycles. The van der Waals surface area contributed by atoms with Crippen LogP contribution in [-0.4, -0.2) is 26.4 Å². The Morgan fingerprint density at radius 3 is 2.73 bits per heavy atom. The molecule has 0 unspecified atom stereocenters. The Balaban J connectivity index is 1.56. The molecule has 0 bridgehead atoms. The van der Waals surface area contributed by atoms with E-state index in [0.717, 1.165) is 11.1 Å². The third-order valence-electron chi connectivity index (χ3n) is 3.65. The van der Waals surface area contributed by atoms with E-state index < -0.39 is 0 Å². The van der Waals surface area contributed by atoms with Crippen LogP contribution >= 0.6 is 23.4 Å². The number of benzene rings is 2. The first kappa shape index (κ1) is 18.4. The number of carbonyl (C=O) groups excluding carboxylic acids is 1. The smallest absolute Gasteiger partial charge is 0.230 e. The van der Waals surface area contributed by atoms with Crippen molar-refractivity contribution in [2.45, 2.75) is 11.7 Å². The summed E-state index contributed by atoms with van der Waals surface area (Å²) >= 11 is 7.21. The van der Waals surface area contributed by atoms with Gasteiger partial charge in [0, 0.05) is 24.2 Å². The second-order valence-electron chi connectivity index (χ2n) is 5.57. The minimum atomic E-state index is -0.304. The number of carbonyl (C=O) groups is 1. The monoisotopic (exact) mass is 390 g/mol. The summed E-state index contributed by atoms with van der Waals surface area (Å²) in [6.07, 6.45) is 0. The van der Waals surface area contributed by atoms with E-state index in [1.807, 2.05) is 25.2 Å². The quantitative estimate of drug-likeness (QED) is 0.652. The van der Waals surface area contributed by atoms with Gasteiger partial charge in [-0.25, -0.2) is 4.39 Å². The zero-order valence-corrected chi connectivity index (χ0v) is 15.5. The molecule has 5 nitrogen and oxygen atoms in total. The first-order chi connectivity index (χ1) is 12.5. The molecular weight excluding hydrogens is 375 g/mol. The van der Waals surface area contributed by atoms with E-state index in [-0.39, 0.29) is 17.5 Å². The van der Waals surface area contributed by atoms with Gasteiger partial charge < -0.3 is 9.88 Å². The van der Waals surface area contributed by atoms with E-state index in [9.17, 15) is 9.18 Å². The summed E-state index contributed by atoms with van der Waals surface area (Å²) in [5, 5.41) is 12.3. The van der Waals surface area contributed by atoms with Gasteiger partial charge in [-0.15, -0.1) is 10.2 Å². The van der Waals surface area contributed by atoms with Crippen molar-refractivity contribution in [1.29, 1.82) is 0 Å². The summed E-state index contributed by atoms with van der Waals surface area (Å²) in [4.78, 5) is 12.0. The van der Waals surface area contributed by atoms with Gasteiger partial charge in [-0.05, 0) is 42.0 Å². The maximum absolute atomic E-state index is 13.0. The number of halogens is 2. The lowest BCUT2D eigenvalue weighted by atomic mass is 10.2. The molecule has 1 N–H and O–H groups in total. The van der Waals surface area contributed by atoms with E-state index in [4.69, 9.17) is 11.6 Å². The molecule has 0 aliphatic heterocycles. The Labute approximate surface area is 159 Å². The predicted molar refractivity (Wildman–Crippen MR) is 100 cm³/mol. The average Bonchev–Trinajstić information content (AvgIpc) is 3.00. The minimum absolute atomic E-state index is 0.110. The molecule has 1 amide bonds. The molecule has 1 heterocycles. The van der Waals surface area contributed by atoms with E-state index in [2.05, 4.69) is 15.5 Å². The average molecular weight is 391 g/mol. The Hall–Kier alpha value is -2.38. The topological polar surface area (TPSA) is 59.8 Å². The molecule has 0 atom stereocenters. The summed E-state index contributed by atoms with van der Waals surface area (Å²) < 4.78 is 14.8. The summed E-state index contributed by atoms with van der Waals surface area (Å²) in [7, 11) is 1.81. The van der Waals surface area contributed by atoms with Gasteiger partial charge in [0.1, 0.15) is 5.82 Å². The lowest BCUT2D eigenvalue weighted by Crippen LogP contribution is -2.24. The van der Waals surface area contributed by atoms with Crippen molar-refractivity contribution in [3.05, 3.63) is 64.9 Å². The standard InChI is InChI=1S/C18H16ClFN4OS/c1-24-17(13-5-7-15(20)8-6-13)22-23-18(24)26-11-16(25)21-10-12-3-2-4-14(19)9-12/h2-9H,10-11H2,1H3,(H,21,25). The van der Waals surface area contributed by atoms with Crippen molar-refractivity contribution in [2.24, 2.45) is 7.05 Å². The van der Waals surface area contributed by atoms with Gasteiger partial charge in [0.25, 0.3) is 0 Å². The van der Waals surface area contributed by atoms with Gasteiger partial charge in [0.2, 0.25) is 5.91 Å². The van der Waals surface area contributed by atoms with Crippen LogP contribution < -0.4 is 5.32 Å². The van der Waals surface area contributed by atoms with Crippen molar-refractivity contribution in [3.63, 3.8) is 0 Å². The van der Waals surface area contributed by atoms with Crippen molar-refractivity contribution in [1.82, 2.24) is 20.1 Å². The first-order valence-corrected chi connectivity index (χ1v) is 9.18. The van der Waals surface area contributed by atoms with Crippen molar-refractivity contribution >= 4 is 29.3 Å². The number of rotatable bonds is 6. The third kappa shape index (κ3) is 4.62. The van der Waals surface area contributed by atoms with Crippen molar-refractivity contribution in [2.75, 3.05) is 5.75 Å². The molecule has 2 aromatic carbocycles. The molecular formula is C18H16ClFN4OS. The van der Waals surface area contributed by atoms with Crippen LogP contribution in [-0.2, 0) is 18.4 Å². The Kier molecular flexibility index (Phi) is 5.90. The molecule has 0 aliphatic carbocycles. The van der Waals surface area contributed by atoms with Gasteiger partial charge in [-0.2, -0.15) is 0 Å². The molecule has 134 valence electrons. The van der Waals surface area contributed by atoms with Crippen LogP contribution in [0.2, 0.25) is 5.02 Å². The number of hydrogen-bond donors (Lipinski definition) is 1. The van der Waals surface area contributed by atoms with Crippen LogP contribution in [0, 0.1) is 5.82 Å². The molecule has 3 rings (SSSR count). The third-order valence-corrected chi connectivity index (χ3v) is 4.90. The van der Waals surface area contributed by atoms with Crippen LogP contribution in [0.4, 0.5) is 4.39 Å². The van der Waals surface area contributed by atoms with Gasteiger partial charge in [-0.3, -0.25) is 4.79 Å². The number of nitrogens with zero attached hydrogens (tertiary/aromatic N) is 3. The molecule has 0 fully saturated rings. The highest BCUT2D eigenvalue weighted by atomic mass is 35.5. The first-order valence-electron chi connectivity index (χ1n) is 7.82. The van der Waals surface area contributed by atoms with Crippen LogP contribution in [0.15, 0.2) is 53.7 Å². The van der Waals surface area contributed by atoms with Crippen LogP contribution in [0.25, 0.3) is 11.4 Å². The molecule has 3 aromatic rings. The SMILES string of the molecule is Cn1c(SCC(=O)NCc2cccc(Cl)c2)nnc1-c1ccc(F)cc1. The highest BCUT2D eigenvalue weighted by molar-refractivity contribution is 7.99. The highest BCUT2D eigenvalue weighted by Crippen LogP contribution is 2.22. The molecule has 0 saturated heterocycles. The summed E-state index contributed by atoms with van der Waals surface area (Å²) in [5.74, 6) is 0.422. The zero-order chi connectivity index (χ0) is 18.5. The van der Waals surface area contributed by atoms with E-state index in [0.29, 0.717) is 22.5 Å². The van der Waals surface area contributed by atoms with Crippen LogP contribution in [0.1, 0.15) is 5.56 Å². The van der Waals surface area contributed by atoms with Crippen molar-refractivity contribution < 1.29 is 9.18 Å². The van der Waals surface area contributed by atoms with Gasteiger partial charge in [0.15, 0.2) is 11.0 Å². The lowest BCUT2D eigenvalue weighted by Gasteiger charge is -2.06. The number of thioether (sulfide) groups is 1. The lowest BCUT2D eigenvalue weighted by molar-refractivity contribution is -0.118. The molecule has 8 heteroatoms. The Bertz CT molecular complexity index is 914. The molecule has 26 heavy (non-hydrogen) atoms. The molecule has 0 aliphatic rings. The van der Waals surface area contributed by atoms with E-state index in [1.165, 1.54) is 23.9 Å². The molecule has 1 aromatic heterocycles. The maximum Gasteiger partial charge on any atom is 0.230 e. The highest BCUT2D eigenvalue weighted by Gasteiger charge is 2.13. The van der Waals surface area contributed by atoms with Crippen LogP contribution in [0.3, 0.4) is 0 Å². The normalized spacial score (nSPS) is 10.7. The fourth-order valence-corrected chi connectivity index (χ4v) is 3.27. The zero-order valence-electron chi connectivity index (χ0n) is 13.9. The Morgan fingerprint density at radius 2 is 2.00 bits per heavy atom. The van der Waals surface area contributed by atoms with E-state index in [1.54, 1.807) is 22.8 Å². The van der Waals surface area contributed by atoms with Gasteiger partial charge >= 0.3 is 0 Å². The van der Waals surface area contributed by atoms with Gasteiger partial charge in [0.05, 0.1) is 5.75 Å². The largest absolute Gasteiger partial charge is 0.351 e. The second kappa shape index (κ2) is 8.33. The minimum Gasteiger partial charge on any atom is -0.351 e. The Morgan fingerprint density at radius 1 is 1.23 bits per heavy atom. The van der Waals surface area contributed by atoms with Crippen molar-refractivity contribution in [3.8, 4) is 11.4 Å². The number of amides is 1.